The molecule has 4 heteroatoms. The monoisotopic (exact) mass is 239 g/mol. The van der Waals surface area contributed by atoms with Gasteiger partial charge in [0.15, 0.2) is 0 Å². The number of thioether (sulfide) groups is 1. The smallest absolute Gasteiger partial charge is 0.319 e. The van der Waals surface area contributed by atoms with Crippen LogP contribution in [0.4, 0.5) is 0 Å². The summed E-state index contributed by atoms with van der Waals surface area (Å²) in [5.74, 6) is -0.205. The van der Waals surface area contributed by atoms with Gasteiger partial charge in [-0.1, -0.05) is 12.1 Å². The quantitative estimate of drug-likeness (QED) is 0.581. The van der Waals surface area contributed by atoms with Crippen molar-refractivity contribution < 1.29 is 9.53 Å². The Labute approximate surface area is 101 Å². The molecule has 0 saturated heterocycles. The average molecular weight is 239 g/mol. The maximum atomic E-state index is 11.0. The van der Waals surface area contributed by atoms with Crippen LogP contribution in [0.25, 0.3) is 0 Å². The summed E-state index contributed by atoms with van der Waals surface area (Å²) in [6.07, 6.45) is 2.05. The van der Waals surface area contributed by atoms with Crippen molar-refractivity contribution in [1.29, 1.82) is 0 Å². The number of hydrogen-bond donors (Lipinski definition) is 0. The summed E-state index contributed by atoms with van der Waals surface area (Å²) in [5, 5.41) is 0. The van der Waals surface area contributed by atoms with Crippen LogP contribution in [0.1, 0.15) is 5.56 Å². The van der Waals surface area contributed by atoms with E-state index in [1.54, 1.807) is 11.8 Å². The predicted molar refractivity (Wildman–Crippen MR) is 66.6 cm³/mol. The SMILES string of the molecule is COC(=O)CN(C)Cc1ccc(SC)cc1. The van der Waals surface area contributed by atoms with Gasteiger partial charge < -0.3 is 4.74 Å². The van der Waals surface area contributed by atoms with Crippen LogP contribution in [0.3, 0.4) is 0 Å². The van der Waals surface area contributed by atoms with Crippen molar-refractivity contribution in [3.8, 4) is 0 Å². The topological polar surface area (TPSA) is 29.5 Å². The van der Waals surface area contributed by atoms with Gasteiger partial charge in [-0.25, -0.2) is 0 Å². The Bertz CT molecular complexity index is 337. The third kappa shape index (κ3) is 4.24. The van der Waals surface area contributed by atoms with E-state index in [1.807, 2.05) is 11.9 Å². The van der Waals surface area contributed by atoms with E-state index in [9.17, 15) is 4.79 Å². The molecule has 0 amide bonds. The summed E-state index contributed by atoms with van der Waals surface area (Å²) in [5.41, 5.74) is 1.20. The van der Waals surface area contributed by atoms with E-state index in [-0.39, 0.29) is 5.97 Å². The molecule has 0 fully saturated rings. The first-order chi connectivity index (χ1) is 7.65. The minimum absolute atomic E-state index is 0.205. The molecule has 0 aliphatic carbocycles. The summed E-state index contributed by atoms with van der Waals surface area (Å²) >= 11 is 1.72. The Kier molecular flexibility index (Phi) is 5.35. The third-order valence-corrected chi connectivity index (χ3v) is 2.98. The van der Waals surface area contributed by atoms with Gasteiger partial charge in [0.25, 0.3) is 0 Å². The van der Waals surface area contributed by atoms with Crippen molar-refractivity contribution in [2.75, 3.05) is 27.0 Å². The molecule has 1 aromatic rings. The van der Waals surface area contributed by atoms with Gasteiger partial charge in [0, 0.05) is 11.4 Å². The Hall–Kier alpha value is -1.00. The van der Waals surface area contributed by atoms with Gasteiger partial charge in [0.2, 0.25) is 0 Å². The maximum Gasteiger partial charge on any atom is 0.319 e. The minimum atomic E-state index is -0.205. The number of likely N-dealkylation sites (N-methyl/N-ethyl adjacent to an activating group) is 1. The van der Waals surface area contributed by atoms with Crippen LogP contribution in [-0.2, 0) is 16.1 Å². The number of methoxy groups -OCH3 is 1. The highest BCUT2D eigenvalue weighted by atomic mass is 32.2. The Morgan fingerprint density at radius 3 is 2.50 bits per heavy atom. The van der Waals surface area contributed by atoms with Crippen LogP contribution in [0.15, 0.2) is 29.2 Å². The molecule has 1 rings (SSSR count). The largest absolute Gasteiger partial charge is 0.468 e. The Morgan fingerprint density at radius 1 is 1.38 bits per heavy atom. The molecule has 3 nitrogen and oxygen atoms in total. The zero-order valence-corrected chi connectivity index (χ0v) is 10.7. The molecule has 0 heterocycles. The number of carbonyl (C=O) groups excluding carboxylic acids is 1. The lowest BCUT2D eigenvalue weighted by Gasteiger charge is -2.15. The number of rotatable bonds is 5. The highest BCUT2D eigenvalue weighted by Crippen LogP contribution is 2.15. The molecule has 0 N–H and O–H groups in total. The van der Waals surface area contributed by atoms with Crippen LogP contribution < -0.4 is 0 Å². The van der Waals surface area contributed by atoms with Gasteiger partial charge in [-0.3, -0.25) is 9.69 Å². The van der Waals surface area contributed by atoms with Crippen LogP contribution in [-0.4, -0.2) is 37.8 Å². The molecule has 0 spiro atoms. The molecule has 0 bridgehead atoms. The number of carbonyl (C=O) groups is 1. The molecule has 0 aromatic heterocycles. The molecule has 0 atom stereocenters. The van der Waals surface area contributed by atoms with Crippen molar-refractivity contribution in [3.63, 3.8) is 0 Å². The summed E-state index contributed by atoms with van der Waals surface area (Å²) < 4.78 is 4.61. The predicted octanol–water partition coefficient (Wildman–Crippen LogP) is 2.01. The highest BCUT2D eigenvalue weighted by molar-refractivity contribution is 7.98. The van der Waals surface area contributed by atoms with E-state index in [0.717, 1.165) is 6.54 Å². The van der Waals surface area contributed by atoms with E-state index in [0.29, 0.717) is 6.54 Å². The van der Waals surface area contributed by atoms with E-state index >= 15 is 0 Å². The van der Waals surface area contributed by atoms with Gasteiger partial charge in [-0.05, 0) is 31.0 Å². The van der Waals surface area contributed by atoms with Crippen molar-refractivity contribution in [3.05, 3.63) is 29.8 Å². The fourth-order valence-corrected chi connectivity index (χ4v) is 1.79. The number of benzene rings is 1. The summed E-state index contributed by atoms with van der Waals surface area (Å²) in [4.78, 5) is 14.2. The normalized spacial score (nSPS) is 10.5. The lowest BCUT2D eigenvalue weighted by molar-refractivity contribution is -0.141. The second-order valence-corrected chi connectivity index (χ2v) is 4.48. The molecule has 1 aromatic carbocycles. The van der Waals surface area contributed by atoms with Crippen molar-refractivity contribution in [2.45, 2.75) is 11.4 Å². The molecule has 16 heavy (non-hydrogen) atoms. The van der Waals surface area contributed by atoms with Crippen LogP contribution in [0, 0.1) is 0 Å². The van der Waals surface area contributed by atoms with E-state index in [4.69, 9.17) is 0 Å². The molecule has 0 aliphatic heterocycles. The van der Waals surface area contributed by atoms with Crippen LogP contribution >= 0.6 is 11.8 Å². The average Bonchev–Trinajstić information content (AvgIpc) is 2.29. The minimum Gasteiger partial charge on any atom is -0.468 e. The van der Waals surface area contributed by atoms with Crippen molar-refractivity contribution in [1.82, 2.24) is 4.90 Å². The summed E-state index contributed by atoms with van der Waals surface area (Å²) in [6, 6.07) is 8.34. The Morgan fingerprint density at radius 2 is 2.00 bits per heavy atom. The lowest BCUT2D eigenvalue weighted by Crippen LogP contribution is -2.26. The van der Waals surface area contributed by atoms with E-state index < -0.39 is 0 Å². The molecule has 0 saturated carbocycles. The summed E-state index contributed by atoms with van der Waals surface area (Å²) in [7, 11) is 3.31. The summed E-state index contributed by atoms with van der Waals surface area (Å²) in [6.45, 7) is 1.07. The van der Waals surface area contributed by atoms with Gasteiger partial charge in [0.05, 0.1) is 13.7 Å². The maximum absolute atomic E-state index is 11.0. The second kappa shape index (κ2) is 6.55. The van der Waals surface area contributed by atoms with E-state index in [2.05, 4.69) is 35.3 Å². The Balaban J connectivity index is 2.49. The van der Waals surface area contributed by atoms with Gasteiger partial charge in [-0.15, -0.1) is 11.8 Å². The molecule has 0 unspecified atom stereocenters. The number of esters is 1. The molecule has 0 aliphatic rings. The first kappa shape index (κ1) is 13.1. The van der Waals surface area contributed by atoms with Gasteiger partial charge in [-0.2, -0.15) is 0 Å². The van der Waals surface area contributed by atoms with Crippen molar-refractivity contribution >= 4 is 17.7 Å². The fourth-order valence-electron chi connectivity index (χ4n) is 1.38. The third-order valence-electron chi connectivity index (χ3n) is 2.24. The molecular formula is C12H17NO2S. The lowest BCUT2D eigenvalue weighted by atomic mass is 10.2. The first-order valence-electron chi connectivity index (χ1n) is 5.04. The van der Waals surface area contributed by atoms with Crippen molar-refractivity contribution in [2.24, 2.45) is 0 Å². The fraction of sp³-hybridized carbons (Fsp3) is 0.417. The zero-order chi connectivity index (χ0) is 12.0. The highest BCUT2D eigenvalue weighted by Gasteiger charge is 2.06. The molecular weight excluding hydrogens is 222 g/mol. The number of ether oxygens (including phenoxy) is 1. The zero-order valence-electron chi connectivity index (χ0n) is 9.90. The second-order valence-electron chi connectivity index (χ2n) is 3.60. The first-order valence-corrected chi connectivity index (χ1v) is 6.26. The number of nitrogens with zero attached hydrogens (tertiary/aromatic N) is 1. The van der Waals surface area contributed by atoms with Gasteiger partial charge in [0.1, 0.15) is 0 Å². The standard InChI is InChI=1S/C12H17NO2S/c1-13(9-12(14)15-2)8-10-4-6-11(16-3)7-5-10/h4-7H,8-9H2,1-3H3. The van der Waals surface area contributed by atoms with Gasteiger partial charge >= 0.3 is 5.97 Å². The van der Waals surface area contributed by atoms with Crippen LogP contribution in [0.2, 0.25) is 0 Å². The van der Waals surface area contributed by atoms with Crippen LogP contribution in [0.5, 0.6) is 0 Å². The molecule has 0 radical (unpaired) electrons. The van der Waals surface area contributed by atoms with E-state index in [1.165, 1.54) is 17.6 Å². The number of hydrogen-bond acceptors (Lipinski definition) is 4. The molecule has 88 valence electrons.